The molecule has 178 valence electrons. The molecule has 2 aromatic carbocycles. The molecule has 0 unspecified atom stereocenters. The summed E-state index contributed by atoms with van der Waals surface area (Å²) in [5, 5.41) is 0.0969. The lowest BCUT2D eigenvalue weighted by molar-refractivity contribution is -0.129. The van der Waals surface area contributed by atoms with E-state index in [0.717, 1.165) is 6.42 Å². The molecule has 4 rings (SSSR count). The smallest absolute Gasteiger partial charge is 0.246 e. The second-order valence-corrected chi connectivity index (χ2v) is 11.1. The summed E-state index contributed by atoms with van der Waals surface area (Å²) >= 11 is 12.4. The lowest BCUT2D eigenvalue weighted by atomic mass is 9.93. The molecule has 1 saturated carbocycles. The summed E-state index contributed by atoms with van der Waals surface area (Å²) in [6.45, 7) is 3.86. The van der Waals surface area contributed by atoms with Gasteiger partial charge >= 0.3 is 0 Å². The first-order valence-corrected chi connectivity index (χ1v) is 13.1. The van der Waals surface area contributed by atoms with Crippen molar-refractivity contribution in [3.63, 3.8) is 0 Å². The molecule has 1 heterocycles. The molecule has 2 aromatic rings. The predicted octanol–water partition coefficient (Wildman–Crippen LogP) is 4.54. The maximum atomic E-state index is 15.1. The first-order valence-electron chi connectivity index (χ1n) is 10.9. The zero-order valence-electron chi connectivity index (χ0n) is 18.3. The van der Waals surface area contributed by atoms with Crippen LogP contribution < -0.4 is 4.90 Å². The summed E-state index contributed by atoms with van der Waals surface area (Å²) in [5.41, 5.74) is 1.01. The highest BCUT2D eigenvalue weighted by Crippen LogP contribution is 2.37. The van der Waals surface area contributed by atoms with E-state index >= 15 is 4.39 Å². The van der Waals surface area contributed by atoms with Crippen molar-refractivity contribution in [1.29, 1.82) is 0 Å². The van der Waals surface area contributed by atoms with Gasteiger partial charge in [-0.05, 0) is 37.1 Å². The Balaban J connectivity index is 1.57. The number of sulfonamides is 1. The number of halogens is 3. The Bertz CT molecular complexity index is 1130. The van der Waals surface area contributed by atoms with E-state index in [1.54, 1.807) is 30.0 Å². The van der Waals surface area contributed by atoms with Gasteiger partial charge in [-0.2, -0.15) is 4.31 Å². The number of benzene rings is 2. The molecule has 0 bridgehead atoms. The van der Waals surface area contributed by atoms with Gasteiger partial charge in [0.2, 0.25) is 15.9 Å². The van der Waals surface area contributed by atoms with Crippen molar-refractivity contribution in [2.45, 2.75) is 43.7 Å². The number of hydrogen-bond donors (Lipinski definition) is 0. The Morgan fingerprint density at radius 2 is 1.73 bits per heavy atom. The second kappa shape index (κ2) is 9.78. The molecule has 33 heavy (non-hydrogen) atoms. The van der Waals surface area contributed by atoms with Crippen molar-refractivity contribution in [2.75, 3.05) is 31.1 Å². The quantitative estimate of drug-likeness (QED) is 0.568. The molecule has 10 heteroatoms. The lowest BCUT2D eigenvalue weighted by Gasteiger charge is -2.37. The van der Waals surface area contributed by atoms with Crippen molar-refractivity contribution in [3.05, 3.63) is 57.8 Å². The molecule has 0 N–H and O–H groups in total. The van der Waals surface area contributed by atoms with Gasteiger partial charge in [0.05, 0.1) is 10.0 Å². The SMILES string of the molecule is CC(=O)N1CCN(c2ccc(CN(C3CCC3)S(=O)(=O)c3c(Cl)cccc3Cl)c(F)c2)CC1. The van der Waals surface area contributed by atoms with Gasteiger partial charge in [-0.1, -0.05) is 41.8 Å². The summed E-state index contributed by atoms with van der Waals surface area (Å²) < 4.78 is 43.5. The highest BCUT2D eigenvalue weighted by molar-refractivity contribution is 7.89. The summed E-state index contributed by atoms with van der Waals surface area (Å²) in [6, 6.07) is 9.22. The highest BCUT2D eigenvalue weighted by atomic mass is 35.5. The van der Waals surface area contributed by atoms with Crippen molar-refractivity contribution in [2.24, 2.45) is 0 Å². The molecule has 0 atom stereocenters. The Kier molecular flexibility index (Phi) is 7.19. The summed E-state index contributed by atoms with van der Waals surface area (Å²) in [7, 11) is -4.03. The van der Waals surface area contributed by atoms with Crippen LogP contribution in [0, 0.1) is 5.82 Å². The molecular weight excluding hydrogens is 488 g/mol. The van der Waals surface area contributed by atoms with Crippen molar-refractivity contribution in [3.8, 4) is 0 Å². The van der Waals surface area contributed by atoms with Crippen LogP contribution >= 0.6 is 23.2 Å². The summed E-state index contributed by atoms with van der Waals surface area (Å²) in [6.07, 6.45) is 2.34. The molecule has 1 saturated heterocycles. The minimum atomic E-state index is -4.03. The molecule has 0 radical (unpaired) electrons. The van der Waals surface area contributed by atoms with Crippen molar-refractivity contribution < 1.29 is 17.6 Å². The molecule has 6 nitrogen and oxygen atoms in total. The molecule has 2 fully saturated rings. The van der Waals surface area contributed by atoms with E-state index in [0.29, 0.717) is 50.3 Å². The number of carbonyl (C=O) groups is 1. The number of hydrogen-bond acceptors (Lipinski definition) is 4. The first kappa shape index (κ1) is 24.3. The van der Waals surface area contributed by atoms with Gasteiger partial charge in [-0.3, -0.25) is 4.79 Å². The van der Waals surface area contributed by atoms with E-state index < -0.39 is 15.8 Å². The molecule has 1 aliphatic carbocycles. The maximum absolute atomic E-state index is 15.1. The van der Waals surface area contributed by atoms with Crippen LogP contribution in [0.5, 0.6) is 0 Å². The molecule has 0 spiro atoms. The van der Waals surface area contributed by atoms with Crippen LogP contribution in [0.15, 0.2) is 41.3 Å². The number of anilines is 1. The standard InChI is InChI=1S/C23H26Cl2FN3O3S/c1-16(30)27-10-12-28(13-11-27)19-9-8-17(22(26)14-19)15-29(18-4-2-5-18)33(31,32)23-20(24)6-3-7-21(23)25/h3,6-9,14,18H,2,4-5,10-13,15H2,1H3. The number of piperazine rings is 1. The molecule has 0 aromatic heterocycles. The van der Waals surface area contributed by atoms with Gasteiger partial charge < -0.3 is 9.80 Å². The van der Waals surface area contributed by atoms with Crippen LogP contribution in [-0.4, -0.2) is 55.8 Å². The number of amides is 1. The van der Waals surface area contributed by atoms with Crippen LogP contribution in [0.2, 0.25) is 10.0 Å². The van der Waals surface area contributed by atoms with Crippen LogP contribution in [-0.2, 0) is 21.4 Å². The maximum Gasteiger partial charge on any atom is 0.246 e. The number of nitrogens with zero attached hydrogens (tertiary/aromatic N) is 3. The average molecular weight is 514 g/mol. The Morgan fingerprint density at radius 3 is 2.24 bits per heavy atom. The summed E-state index contributed by atoms with van der Waals surface area (Å²) in [5.74, 6) is -0.432. The predicted molar refractivity (Wildman–Crippen MR) is 128 cm³/mol. The van der Waals surface area contributed by atoms with E-state index in [1.807, 2.05) is 4.90 Å². The minimum Gasteiger partial charge on any atom is -0.368 e. The van der Waals surface area contributed by atoms with Gasteiger partial charge in [0.15, 0.2) is 0 Å². The highest BCUT2D eigenvalue weighted by Gasteiger charge is 2.37. The van der Waals surface area contributed by atoms with Gasteiger partial charge in [-0.25, -0.2) is 12.8 Å². The van der Waals surface area contributed by atoms with E-state index in [1.165, 1.54) is 22.5 Å². The third kappa shape index (κ3) is 4.99. The fourth-order valence-electron chi connectivity index (χ4n) is 4.24. The molecule has 1 aliphatic heterocycles. The largest absolute Gasteiger partial charge is 0.368 e. The van der Waals surface area contributed by atoms with Gasteiger partial charge in [0.1, 0.15) is 10.7 Å². The van der Waals surface area contributed by atoms with E-state index in [4.69, 9.17) is 23.2 Å². The third-order valence-corrected chi connectivity index (χ3v) is 9.28. The van der Waals surface area contributed by atoms with Crippen molar-refractivity contribution >= 4 is 44.8 Å². The van der Waals surface area contributed by atoms with E-state index in [9.17, 15) is 13.2 Å². The van der Waals surface area contributed by atoms with Gasteiger partial charge in [-0.15, -0.1) is 0 Å². The van der Waals surface area contributed by atoms with Crippen molar-refractivity contribution in [1.82, 2.24) is 9.21 Å². The Hall–Kier alpha value is -1.87. The topological polar surface area (TPSA) is 60.9 Å². The Morgan fingerprint density at radius 1 is 1.09 bits per heavy atom. The van der Waals surface area contributed by atoms with E-state index in [-0.39, 0.29) is 33.4 Å². The van der Waals surface area contributed by atoms with Crippen LogP contribution in [0.3, 0.4) is 0 Å². The average Bonchev–Trinajstić information content (AvgIpc) is 2.73. The van der Waals surface area contributed by atoms with Crippen LogP contribution in [0.25, 0.3) is 0 Å². The first-order chi connectivity index (χ1) is 15.7. The third-order valence-electron chi connectivity index (χ3n) is 6.42. The van der Waals surface area contributed by atoms with E-state index in [2.05, 4.69) is 0 Å². The minimum absolute atomic E-state index is 0.0343. The van der Waals surface area contributed by atoms with Gasteiger partial charge in [0, 0.05) is 56.9 Å². The van der Waals surface area contributed by atoms with Crippen LogP contribution in [0.1, 0.15) is 31.7 Å². The Labute approximate surface area is 203 Å². The zero-order chi connectivity index (χ0) is 23.8. The number of rotatable bonds is 6. The second-order valence-electron chi connectivity index (χ2n) is 8.45. The summed E-state index contributed by atoms with van der Waals surface area (Å²) in [4.78, 5) is 15.2. The fraction of sp³-hybridized carbons (Fsp3) is 0.435. The molecule has 2 aliphatic rings. The monoisotopic (exact) mass is 513 g/mol. The molecule has 1 amide bonds. The number of carbonyl (C=O) groups excluding carboxylic acids is 1. The lowest BCUT2D eigenvalue weighted by Crippen LogP contribution is -2.48. The normalized spacial score (nSPS) is 17.4. The fourth-order valence-corrected chi connectivity index (χ4v) is 7.00. The van der Waals surface area contributed by atoms with Crippen LogP contribution in [0.4, 0.5) is 10.1 Å². The molecular formula is C23H26Cl2FN3O3S. The van der Waals surface area contributed by atoms with Gasteiger partial charge in [0.25, 0.3) is 0 Å². The zero-order valence-corrected chi connectivity index (χ0v) is 20.6.